The van der Waals surface area contributed by atoms with Crippen molar-refractivity contribution in [2.24, 2.45) is 5.73 Å². The molecule has 1 heterocycles. The van der Waals surface area contributed by atoms with Crippen LogP contribution in [0.2, 0.25) is 0 Å². The van der Waals surface area contributed by atoms with Gasteiger partial charge in [0, 0.05) is 19.1 Å². The lowest BCUT2D eigenvalue weighted by molar-refractivity contribution is 0.273. The molecule has 5 heteroatoms. The molecule has 1 fully saturated rings. The molecule has 2 unspecified atom stereocenters. The maximum absolute atomic E-state index is 10.4. The van der Waals surface area contributed by atoms with Crippen LogP contribution in [0.5, 0.6) is 0 Å². The van der Waals surface area contributed by atoms with Crippen molar-refractivity contribution in [1.29, 1.82) is 0 Å². The molecule has 4 nitrogen and oxygen atoms in total. The second-order valence-electron chi connectivity index (χ2n) is 3.09. The zero-order valence-corrected chi connectivity index (χ0v) is 7.92. The summed E-state index contributed by atoms with van der Waals surface area (Å²) < 4.78 is 19.0. The molecule has 0 amide bonds. The van der Waals surface area contributed by atoms with Crippen LogP contribution in [0, 0.1) is 0 Å². The summed E-state index contributed by atoms with van der Waals surface area (Å²) in [6.45, 7) is 2.39. The minimum atomic E-state index is -1.66. The summed E-state index contributed by atoms with van der Waals surface area (Å²) in [6.07, 6.45) is 2.30. The molecule has 1 saturated heterocycles. The molecule has 72 valence electrons. The first kappa shape index (κ1) is 10.1. The summed E-state index contributed by atoms with van der Waals surface area (Å²) in [7, 11) is 0. The van der Waals surface area contributed by atoms with E-state index < -0.39 is 11.1 Å². The van der Waals surface area contributed by atoms with Gasteiger partial charge in [-0.15, -0.1) is 0 Å². The van der Waals surface area contributed by atoms with Crippen molar-refractivity contribution in [2.45, 2.75) is 18.9 Å². The Hall–Kier alpha value is 0.0300. The Bertz CT molecular complexity index is 165. The van der Waals surface area contributed by atoms with E-state index in [-0.39, 0.29) is 0 Å². The van der Waals surface area contributed by atoms with Crippen LogP contribution in [0.15, 0.2) is 0 Å². The first-order valence-electron chi connectivity index (χ1n) is 4.25. The highest BCUT2D eigenvalue weighted by Gasteiger charge is 2.22. The second-order valence-corrected chi connectivity index (χ2v) is 4.14. The first-order valence-corrected chi connectivity index (χ1v) is 5.53. The third-order valence-corrected chi connectivity index (χ3v) is 2.86. The third-order valence-electron chi connectivity index (χ3n) is 2.32. The number of hydrogen-bond acceptors (Lipinski definition) is 3. The molecule has 0 radical (unpaired) electrons. The van der Waals surface area contributed by atoms with E-state index in [9.17, 15) is 4.21 Å². The van der Waals surface area contributed by atoms with Gasteiger partial charge in [0.05, 0.1) is 5.75 Å². The smallest absolute Gasteiger partial charge is 0.154 e. The number of nitrogens with two attached hydrogens (primary N) is 1. The average molecular weight is 192 g/mol. The summed E-state index contributed by atoms with van der Waals surface area (Å²) in [5, 5.41) is 0. The first-order chi connectivity index (χ1) is 5.74. The Balaban J connectivity index is 2.26. The number of nitrogens with zero attached hydrogens (tertiary/aromatic N) is 1. The van der Waals surface area contributed by atoms with Gasteiger partial charge in [0.2, 0.25) is 0 Å². The maximum atomic E-state index is 10.4. The average Bonchev–Trinajstić information content (AvgIpc) is 2.47. The fraction of sp³-hybridized carbons (Fsp3) is 1.00. The minimum absolute atomic E-state index is 0.344. The van der Waals surface area contributed by atoms with Gasteiger partial charge in [-0.3, -0.25) is 4.90 Å². The van der Waals surface area contributed by atoms with E-state index >= 15 is 0 Å². The highest BCUT2D eigenvalue weighted by Crippen LogP contribution is 2.15. The van der Waals surface area contributed by atoms with Gasteiger partial charge in [-0.25, -0.2) is 4.21 Å². The molecule has 3 N–H and O–H groups in total. The van der Waals surface area contributed by atoms with Gasteiger partial charge in [-0.05, 0) is 19.4 Å². The highest BCUT2D eigenvalue weighted by molar-refractivity contribution is 7.79. The van der Waals surface area contributed by atoms with Gasteiger partial charge in [0.15, 0.2) is 11.1 Å². The molecule has 0 aromatic rings. The third kappa shape index (κ3) is 2.82. The summed E-state index contributed by atoms with van der Waals surface area (Å²) in [5.74, 6) is 0.344. The monoisotopic (exact) mass is 192 g/mol. The molecule has 1 aliphatic rings. The SMILES string of the molecule is NCC1CCCN1CCS(=O)O. The topological polar surface area (TPSA) is 66.6 Å². The van der Waals surface area contributed by atoms with Gasteiger partial charge >= 0.3 is 0 Å². The minimum Gasteiger partial charge on any atom is -0.329 e. The van der Waals surface area contributed by atoms with Crippen LogP contribution in [0.4, 0.5) is 0 Å². The van der Waals surface area contributed by atoms with Crippen LogP contribution in [0.1, 0.15) is 12.8 Å². The largest absolute Gasteiger partial charge is 0.329 e. The van der Waals surface area contributed by atoms with Crippen molar-refractivity contribution in [3.63, 3.8) is 0 Å². The van der Waals surface area contributed by atoms with Crippen LogP contribution >= 0.6 is 0 Å². The predicted molar refractivity (Wildman–Crippen MR) is 49.3 cm³/mol. The number of likely N-dealkylation sites (tertiary alicyclic amines) is 1. The van der Waals surface area contributed by atoms with Crippen LogP contribution in [-0.2, 0) is 11.1 Å². The van der Waals surface area contributed by atoms with Crippen molar-refractivity contribution >= 4 is 11.1 Å². The van der Waals surface area contributed by atoms with Gasteiger partial charge in [0.1, 0.15) is 0 Å². The molecule has 0 spiro atoms. The molecule has 1 aliphatic heterocycles. The standard InChI is InChI=1S/C7H16N2O2S/c8-6-7-2-1-3-9(7)4-5-12(10)11/h7H,1-6,8H2,(H,10,11). The van der Waals surface area contributed by atoms with E-state index in [0.717, 1.165) is 13.0 Å². The van der Waals surface area contributed by atoms with Crippen molar-refractivity contribution in [2.75, 3.05) is 25.4 Å². The Morgan fingerprint density at radius 1 is 1.67 bits per heavy atom. The maximum Gasteiger partial charge on any atom is 0.154 e. The molecule has 0 aromatic carbocycles. The van der Waals surface area contributed by atoms with Gasteiger partial charge in [-0.1, -0.05) is 0 Å². The lowest BCUT2D eigenvalue weighted by atomic mass is 10.2. The lowest BCUT2D eigenvalue weighted by Crippen LogP contribution is -2.37. The summed E-state index contributed by atoms with van der Waals surface area (Å²) in [5.41, 5.74) is 5.55. The Kier molecular flexibility index (Phi) is 4.14. The molecule has 2 atom stereocenters. The summed E-state index contributed by atoms with van der Waals surface area (Å²) in [4.78, 5) is 2.20. The van der Waals surface area contributed by atoms with Crippen LogP contribution in [0.3, 0.4) is 0 Å². The van der Waals surface area contributed by atoms with Crippen molar-refractivity contribution in [1.82, 2.24) is 4.90 Å². The molecule has 0 aromatic heterocycles. The normalized spacial score (nSPS) is 27.7. The molecule has 1 rings (SSSR count). The zero-order chi connectivity index (χ0) is 8.97. The van der Waals surface area contributed by atoms with Crippen molar-refractivity contribution in [3.8, 4) is 0 Å². The zero-order valence-electron chi connectivity index (χ0n) is 7.11. The van der Waals surface area contributed by atoms with E-state index in [4.69, 9.17) is 10.3 Å². The van der Waals surface area contributed by atoms with Gasteiger partial charge in [-0.2, -0.15) is 0 Å². The molecule has 12 heavy (non-hydrogen) atoms. The van der Waals surface area contributed by atoms with Crippen molar-refractivity contribution < 1.29 is 8.76 Å². The lowest BCUT2D eigenvalue weighted by Gasteiger charge is -2.21. The quantitative estimate of drug-likeness (QED) is 0.596. The van der Waals surface area contributed by atoms with E-state index in [1.165, 1.54) is 6.42 Å². The number of hydrogen-bond donors (Lipinski definition) is 2. The second kappa shape index (κ2) is 4.91. The summed E-state index contributed by atoms with van der Waals surface area (Å²) in [6, 6.07) is 0.438. The van der Waals surface area contributed by atoms with Gasteiger partial charge < -0.3 is 10.3 Å². The Morgan fingerprint density at radius 2 is 2.42 bits per heavy atom. The van der Waals surface area contributed by atoms with E-state index in [0.29, 0.717) is 24.9 Å². The van der Waals surface area contributed by atoms with Crippen molar-refractivity contribution in [3.05, 3.63) is 0 Å². The van der Waals surface area contributed by atoms with E-state index in [1.54, 1.807) is 0 Å². The van der Waals surface area contributed by atoms with E-state index in [1.807, 2.05) is 0 Å². The van der Waals surface area contributed by atoms with Crippen LogP contribution in [-0.4, -0.2) is 45.1 Å². The fourth-order valence-corrected chi connectivity index (χ4v) is 2.04. The fourth-order valence-electron chi connectivity index (χ4n) is 1.65. The van der Waals surface area contributed by atoms with Gasteiger partial charge in [0.25, 0.3) is 0 Å². The molecule has 0 aliphatic carbocycles. The molecule has 0 saturated carbocycles. The Labute approximate surface area is 75.4 Å². The molecular formula is C7H16N2O2S. The number of rotatable bonds is 4. The highest BCUT2D eigenvalue weighted by atomic mass is 32.2. The molecular weight excluding hydrogens is 176 g/mol. The Morgan fingerprint density at radius 3 is 3.00 bits per heavy atom. The molecule has 0 bridgehead atoms. The van der Waals surface area contributed by atoms with Crippen LogP contribution in [0.25, 0.3) is 0 Å². The van der Waals surface area contributed by atoms with Crippen LogP contribution < -0.4 is 5.73 Å². The predicted octanol–water partition coefficient (Wildman–Crippen LogP) is -0.369. The summed E-state index contributed by atoms with van der Waals surface area (Å²) >= 11 is -1.66. The van der Waals surface area contributed by atoms with E-state index in [2.05, 4.69) is 4.90 Å².